The minimum absolute atomic E-state index is 1.05. The standard InChI is InChI=1S/C7H15S/c1-2-3-4-5-6-7-8/h2,8H,3-7H2,1H3. The van der Waals surface area contributed by atoms with E-state index in [1.54, 1.807) is 0 Å². The summed E-state index contributed by atoms with van der Waals surface area (Å²) in [5.41, 5.74) is 0. The van der Waals surface area contributed by atoms with Gasteiger partial charge < -0.3 is 0 Å². The van der Waals surface area contributed by atoms with E-state index >= 15 is 0 Å². The third kappa shape index (κ3) is 6.35. The van der Waals surface area contributed by atoms with Crippen LogP contribution >= 0.6 is 12.6 Å². The van der Waals surface area contributed by atoms with Crippen molar-refractivity contribution in [3.63, 3.8) is 0 Å². The third-order valence-corrected chi connectivity index (χ3v) is 1.47. The van der Waals surface area contributed by atoms with Crippen LogP contribution in [0.3, 0.4) is 0 Å². The van der Waals surface area contributed by atoms with Gasteiger partial charge in [-0.2, -0.15) is 12.6 Å². The second kappa shape index (κ2) is 7.35. The summed E-state index contributed by atoms with van der Waals surface area (Å²) < 4.78 is 0. The largest absolute Gasteiger partial charge is 0.179 e. The number of hydrogen-bond acceptors (Lipinski definition) is 1. The Labute approximate surface area is 58.1 Å². The maximum absolute atomic E-state index is 4.11. The van der Waals surface area contributed by atoms with E-state index in [0.717, 1.165) is 5.75 Å². The predicted octanol–water partition coefficient (Wildman–Crippen LogP) is 2.70. The lowest BCUT2D eigenvalue weighted by molar-refractivity contribution is 0.716. The van der Waals surface area contributed by atoms with Crippen LogP contribution in [0.2, 0.25) is 0 Å². The van der Waals surface area contributed by atoms with Crippen LogP contribution in [0.1, 0.15) is 32.6 Å². The second-order valence-corrected chi connectivity index (χ2v) is 2.43. The Morgan fingerprint density at radius 3 is 2.50 bits per heavy atom. The maximum Gasteiger partial charge on any atom is -0.00979 e. The van der Waals surface area contributed by atoms with E-state index in [1.807, 2.05) is 0 Å². The van der Waals surface area contributed by atoms with Crippen molar-refractivity contribution < 1.29 is 0 Å². The van der Waals surface area contributed by atoms with Gasteiger partial charge in [0.25, 0.3) is 0 Å². The highest BCUT2D eigenvalue weighted by molar-refractivity contribution is 7.80. The Bertz CT molecular complexity index is 29.4. The van der Waals surface area contributed by atoms with Gasteiger partial charge in [-0.15, -0.1) is 0 Å². The van der Waals surface area contributed by atoms with E-state index in [2.05, 4.69) is 26.0 Å². The Morgan fingerprint density at radius 1 is 1.25 bits per heavy atom. The molecule has 8 heavy (non-hydrogen) atoms. The second-order valence-electron chi connectivity index (χ2n) is 1.98. The summed E-state index contributed by atoms with van der Waals surface area (Å²) in [5, 5.41) is 0. The van der Waals surface area contributed by atoms with Crippen molar-refractivity contribution in [2.45, 2.75) is 32.6 Å². The van der Waals surface area contributed by atoms with Gasteiger partial charge in [-0.3, -0.25) is 0 Å². The van der Waals surface area contributed by atoms with E-state index in [0.29, 0.717) is 0 Å². The highest BCUT2D eigenvalue weighted by Gasteiger charge is 1.83. The van der Waals surface area contributed by atoms with Crippen molar-refractivity contribution in [3.8, 4) is 0 Å². The molecule has 0 saturated heterocycles. The van der Waals surface area contributed by atoms with Crippen molar-refractivity contribution in [2.75, 3.05) is 5.75 Å². The summed E-state index contributed by atoms with van der Waals surface area (Å²) in [5.74, 6) is 1.05. The Hall–Kier alpha value is 0.350. The molecule has 0 fully saturated rings. The monoisotopic (exact) mass is 131 g/mol. The molecule has 0 nitrogen and oxygen atoms in total. The van der Waals surface area contributed by atoms with Gasteiger partial charge in [0.15, 0.2) is 0 Å². The van der Waals surface area contributed by atoms with Gasteiger partial charge in [-0.25, -0.2) is 0 Å². The van der Waals surface area contributed by atoms with Gasteiger partial charge in [0.05, 0.1) is 0 Å². The van der Waals surface area contributed by atoms with Crippen LogP contribution in [0.15, 0.2) is 0 Å². The van der Waals surface area contributed by atoms with Crippen molar-refractivity contribution in [1.29, 1.82) is 0 Å². The zero-order valence-corrected chi connectivity index (χ0v) is 6.45. The molecule has 49 valence electrons. The molecule has 0 N–H and O–H groups in total. The van der Waals surface area contributed by atoms with Crippen molar-refractivity contribution in [1.82, 2.24) is 0 Å². The first-order valence-electron chi connectivity index (χ1n) is 3.30. The van der Waals surface area contributed by atoms with Gasteiger partial charge in [-0.1, -0.05) is 26.2 Å². The van der Waals surface area contributed by atoms with Gasteiger partial charge >= 0.3 is 0 Å². The van der Waals surface area contributed by atoms with E-state index in [1.165, 1.54) is 25.7 Å². The fourth-order valence-corrected chi connectivity index (χ4v) is 0.861. The smallest absolute Gasteiger partial charge is 0.00979 e. The lowest BCUT2D eigenvalue weighted by atomic mass is 10.2. The molecule has 0 amide bonds. The third-order valence-electron chi connectivity index (χ3n) is 1.15. The van der Waals surface area contributed by atoms with Gasteiger partial charge in [0.2, 0.25) is 0 Å². The molecular weight excluding hydrogens is 116 g/mol. The van der Waals surface area contributed by atoms with Crippen molar-refractivity contribution >= 4 is 12.6 Å². The lowest BCUT2D eigenvalue weighted by Crippen LogP contribution is -1.77. The number of thiol groups is 1. The van der Waals surface area contributed by atoms with Crippen LogP contribution in [0.25, 0.3) is 0 Å². The SMILES string of the molecule is C[CH]CCCCCS. The summed E-state index contributed by atoms with van der Waals surface area (Å²) >= 11 is 4.11. The molecule has 0 aliphatic heterocycles. The van der Waals surface area contributed by atoms with Crippen LogP contribution in [-0.4, -0.2) is 5.75 Å². The maximum atomic E-state index is 4.11. The first-order chi connectivity index (χ1) is 3.91. The first-order valence-corrected chi connectivity index (χ1v) is 3.93. The Kier molecular flexibility index (Phi) is 7.67. The average molecular weight is 131 g/mol. The highest BCUT2D eigenvalue weighted by atomic mass is 32.1. The highest BCUT2D eigenvalue weighted by Crippen LogP contribution is 2.01. The fraction of sp³-hybridized carbons (Fsp3) is 0.857. The van der Waals surface area contributed by atoms with Crippen LogP contribution in [0, 0.1) is 6.42 Å². The minimum atomic E-state index is 1.05. The molecule has 0 aromatic carbocycles. The van der Waals surface area contributed by atoms with Crippen LogP contribution in [-0.2, 0) is 0 Å². The summed E-state index contributed by atoms with van der Waals surface area (Å²) in [6, 6.07) is 0. The van der Waals surface area contributed by atoms with Crippen LogP contribution < -0.4 is 0 Å². The van der Waals surface area contributed by atoms with E-state index in [4.69, 9.17) is 0 Å². The van der Waals surface area contributed by atoms with Gasteiger partial charge in [0.1, 0.15) is 0 Å². The molecule has 1 radical (unpaired) electrons. The van der Waals surface area contributed by atoms with Crippen molar-refractivity contribution in [3.05, 3.63) is 6.42 Å². The van der Waals surface area contributed by atoms with Crippen molar-refractivity contribution in [2.24, 2.45) is 0 Å². The van der Waals surface area contributed by atoms with Gasteiger partial charge in [0, 0.05) is 0 Å². The number of rotatable bonds is 5. The zero-order chi connectivity index (χ0) is 6.24. The lowest BCUT2D eigenvalue weighted by Gasteiger charge is -1.93. The fourth-order valence-electron chi connectivity index (χ4n) is 0.637. The van der Waals surface area contributed by atoms with E-state index in [-0.39, 0.29) is 0 Å². The first kappa shape index (κ1) is 8.35. The Morgan fingerprint density at radius 2 is 2.00 bits per heavy atom. The average Bonchev–Trinajstić information content (AvgIpc) is 1.81. The summed E-state index contributed by atoms with van der Waals surface area (Å²) in [6.45, 7) is 2.11. The predicted molar refractivity (Wildman–Crippen MR) is 42.3 cm³/mol. The van der Waals surface area contributed by atoms with Gasteiger partial charge in [-0.05, 0) is 18.6 Å². The van der Waals surface area contributed by atoms with Crippen LogP contribution in [0.4, 0.5) is 0 Å². The summed E-state index contributed by atoms with van der Waals surface area (Å²) in [4.78, 5) is 0. The Balaban J connectivity index is 2.53. The normalized spacial score (nSPS) is 9.75. The summed E-state index contributed by atoms with van der Waals surface area (Å²) in [7, 11) is 0. The molecule has 0 aliphatic carbocycles. The van der Waals surface area contributed by atoms with Crippen LogP contribution in [0.5, 0.6) is 0 Å². The molecule has 0 aromatic heterocycles. The molecule has 1 heteroatoms. The quantitative estimate of drug-likeness (QED) is 0.430. The molecule has 0 heterocycles. The molecule has 0 aromatic rings. The molecule has 0 spiro atoms. The molecule has 0 atom stereocenters. The molecule has 0 saturated carbocycles. The minimum Gasteiger partial charge on any atom is -0.179 e. The molecule has 0 unspecified atom stereocenters. The molecular formula is C7H15S. The van der Waals surface area contributed by atoms with E-state index < -0.39 is 0 Å². The molecule has 0 aliphatic rings. The van der Waals surface area contributed by atoms with E-state index in [9.17, 15) is 0 Å². The summed E-state index contributed by atoms with van der Waals surface area (Å²) in [6.07, 6.45) is 7.45. The number of hydrogen-bond donors (Lipinski definition) is 1. The molecule has 0 bridgehead atoms. The number of unbranched alkanes of at least 4 members (excludes halogenated alkanes) is 4. The molecule has 0 rings (SSSR count). The zero-order valence-electron chi connectivity index (χ0n) is 5.56. The topological polar surface area (TPSA) is 0 Å².